The Morgan fingerprint density at radius 2 is 2.26 bits per heavy atom. The van der Waals surface area contributed by atoms with Crippen molar-refractivity contribution in [1.82, 2.24) is 5.32 Å². The summed E-state index contributed by atoms with van der Waals surface area (Å²) in [5, 5.41) is 15.3. The van der Waals surface area contributed by atoms with Crippen molar-refractivity contribution in [1.29, 1.82) is 5.26 Å². The summed E-state index contributed by atoms with van der Waals surface area (Å²) in [6.07, 6.45) is 2.99. The Hall–Kier alpha value is -1.86. The molecule has 0 aliphatic carbocycles. The van der Waals surface area contributed by atoms with Crippen LogP contribution >= 0.6 is 0 Å². The van der Waals surface area contributed by atoms with Gasteiger partial charge < -0.3 is 10.6 Å². The molecule has 1 aliphatic rings. The van der Waals surface area contributed by atoms with E-state index in [4.69, 9.17) is 5.26 Å². The van der Waals surface area contributed by atoms with Crippen LogP contribution in [0.15, 0.2) is 18.2 Å². The topological polar surface area (TPSA) is 64.9 Å². The Morgan fingerprint density at radius 1 is 1.47 bits per heavy atom. The molecule has 1 aromatic rings. The maximum atomic E-state index is 12.4. The number of amides is 1. The van der Waals surface area contributed by atoms with Gasteiger partial charge in [-0.3, -0.25) is 4.79 Å². The molecule has 1 heterocycles. The van der Waals surface area contributed by atoms with Crippen LogP contribution in [0.1, 0.15) is 37.3 Å². The standard InChI is InChI=1S/C15H19N3O/c1-11-6-5-7-13(12(11)10-16)18-14(19)15(2)8-3-4-9-17-15/h5-7,17H,3-4,8-9H2,1-2H3,(H,18,19). The number of nitrogens with one attached hydrogen (secondary N) is 2. The highest BCUT2D eigenvalue weighted by Gasteiger charge is 2.34. The molecule has 0 bridgehead atoms. The Labute approximate surface area is 113 Å². The number of hydrogen-bond acceptors (Lipinski definition) is 3. The number of carbonyl (C=O) groups is 1. The van der Waals surface area contributed by atoms with Crippen molar-refractivity contribution in [3.05, 3.63) is 29.3 Å². The highest BCUT2D eigenvalue weighted by molar-refractivity contribution is 5.99. The first-order chi connectivity index (χ1) is 9.07. The summed E-state index contributed by atoms with van der Waals surface area (Å²) < 4.78 is 0. The first-order valence-corrected chi connectivity index (χ1v) is 6.63. The molecule has 0 aromatic heterocycles. The lowest BCUT2D eigenvalue weighted by Gasteiger charge is -2.33. The van der Waals surface area contributed by atoms with Gasteiger partial charge in [-0.15, -0.1) is 0 Å². The summed E-state index contributed by atoms with van der Waals surface area (Å²) in [6, 6.07) is 7.64. The lowest BCUT2D eigenvalue weighted by Crippen LogP contribution is -2.54. The molecule has 0 spiro atoms. The molecule has 4 nitrogen and oxygen atoms in total. The zero-order valence-corrected chi connectivity index (χ0v) is 11.4. The van der Waals surface area contributed by atoms with Gasteiger partial charge in [0.1, 0.15) is 6.07 Å². The molecule has 1 fully saturated rings. The van der Waals surface area contributed by atoms with Gasteiger partial charge in [-0.2, -0.15) is 5.26 Å². The maximum absolute atomic E-state index is 12.4. The monoisotopic (exact) mass is 257 g/mol. The molecule has 19 heavy (non-hydrogen) atoms. The van der Waals surface area contributed by atoms with Crippen LogP contribution in [0.3, 0.4) is 0 Å². The van der Waals surface area contributed by atoms with Gasteiger partial charge in [0.25, 0.3) is 0 Å². The van der Waals surface area contributed by atoms with E-state index < -0.39 is 5.54 Å². The van der Waals surface area contributed by atoms with Gasteiger partial charge in [0.15, 0.2) is 0 Å². The average molecular weight is 257 g/mol. The van der Waals surface area contributed by atoms with E-state index in [2.05, 4.69) is 16.7 Å². The van der Waals surface area contributed by atoms with Crippen molar-refractivity contribution in [2.24, 2.45) is 0 Å². The predicted molar refractivity (Wildman–Crippen MR) is 74.8 cm³/mol. The minimum absolute atomic E-state index is 0.0608. The number of benzene rings is 1. The van der Waals surface area contributed by atoms with Crippen LogP contribution in [0.2, 0.25) is 0 Å². The summed E-state index contributed by atoms with van der Waals surface area (Å²) >= 11 is 0. The Bertz CT molecular complexity index is 525. The van der Waals surface area contributed by atoms with E-state index in [0.717, 1.165) is 31.4 Å². The molecule has 0 radical (unpaired) electrons. The Morgan fingerprint density at radius 3 is 2.89 bits per heavy atom. The molecule has 1 amide bonds. The lowest BCUT2D eigenvalue weighted by atomic mass is 9.90. The van der Waals surface area contributed by atoms with Gasteiger partial charge in [-0.25, -0.2) is 0 Å². The second kappa shape index (κ2) is 5.41. The quantitative estimate of drug-likeness (QED) is 0.854. The predicted octanol–water partition coefficient (Wildman–Crippen LogP) is 2.34. The number of rotatable bonds is 2. The molecular formula is C15H19N3O. The molecule has 4 heteroatoms. The molecule has 2 N–H and O–H groups in total. The van der Waals surface area contributed by atoms with Crippen molar-refractivity contribution in [2.75, 3.05) is 11.9 Å². The fourth-order valence-electron chi connectivity index (χ4n) is 2.43. The largest absolute Gasteiger partial charge is 0.323 e. The molecular weight excluding hydrogens is 238 g/mol. The highest BCUT2D eigenvalue weighted by atomic mass is 16.2. The molecule has 1 aliphatic heterocycles. The average Bonchev–Trinajstić information content (AvgIpc) is 2.40. The fourth-order valence-corrected chi connectivity index (χ4v) is 2.43. The van der Waals surface area contributed by atoms with Crippen molar-refractivity contribution < 1.29 is 4.79 Å². The minimum Gasteiger partial charge on any atom is -0.323 e. The van der Waals surface area contributed by atoms with Gasteiger partial charge in [0, 0.05) is 0 Å². The SMILES string of the molecule is Cc1cccc(NC(=O)C2(C)CCCCN2)c1C#N. The second-order valence-corrected chi connectivity index (χ2v) is 5.28. The summed E-state index contributed by atoms with van der Waals surface area (Å²) in [7, 11) is 0. The zero-order chi connectivity index (χ0) is 13.9. The van der Waals surface area contributed by atoms with Crippen LogP contribution in [0.5, 0.6) is 0 Å². The molecule has 0 saturated carbocycles. The number of piperidine rings is 1. The van der Waals surface area contributed by atoms with Crippen molar-refractivity contribution in [3.63, 3.8) is 0 Å². The smallest absolute Gasteiger partial charge is 0.244 e. The van der Waals surface area contributed by atoms with Gasteiger partial charge in [-0.05, 0) is 51.3 Å². The van der Waals surface area contributed by atoms with Gasteiger partial charge in [0.2, 0.25) is 5.91 Å². The van der Waals surface area contributed by atoms with Crippen LogP contribution in [-0.4, -0.2) is 18.0 Å². The van der Waals surface area contributed by atoms with Crippen LogP contribution in [-0.2, 0) is 4.79 Å². The molecule has 1 unspecified atom stereocenters. The maximum Gasteiger partial charge on any atom is 0.244 e. The number of nitrogens with zero attached hydrogens (tertiary/aromatic N) is 1. The van der Waals surface area contributed by atoms with Gasteiger partial charge in [0.05, 0.1) is 16.8 Å². The number of hydrogen-bond donors (Lipinski definition) is 2. The van der Waals surface area contributed by atoms with E-state index in [1.54, 1.807) is 6.07 Å². The van der Waals surface area contributed by atoms with Crippen molar-refractivity contribution >= 4 is 11.6 Å². The normalized spacial score (nSPS) is 22.6. The van der Waals surface area contributed by atoms with Crippen LogP contribution < -0.4 is 10.6 Å². The minimum atomic E-state index is -0.533. The lowest BCUT2D eigenvalue weighted by molar-refractivity contribution is -0.122. The third-order valence-corrected chi connectivity index (χ3v) is 3.75. The zero-order valence-electron chi connectivity index (χ0n) is 11.4. The van der Waals surface area contributed by atoms with Crippen LogP contribution in [0.4, 0.5) is 5.69 Å². The molecule has 2 rings (SSSR count). The summed E-state index contributed by atoms with van der Waals surface area (Å²) in [5.74, 6) is -0.0608. The van der Waals surface area contributed by atoms with E-state index >= 15 is 0 Å². The first-order valence-electron chi connectivity index (χ1n) is 6.63. The van der Waals surface area contributed by atoms with E-state index in [1.165, 1.54) is 0 Å². The van der Waals surface area contributed by atoms with Crippen molar-refractivity contribution in [2.45, 2.75) is 38.6 Å². The molecule has 1 aromatic carbocycles. The highest BCUT2D eigenvalue weighted by Crippen LogP contribution is 2.23. The Balaban J connectivity index is 2.20. The summed E-state index contributed by atoms with van der Waals surface area (Å²) in [5.41, 5.74) is 1.48. The fraction of sp³-hybridized carbons (Fsp3) is 0.467. The summed E-state index contributed by atoms with van der Waals surface area (Å²) in [4.78, 5) is 12.4. The van der Waals surface area contributed by atoms with Crippen LogP contribution in [0.25, 0.3) is 0 Å². The van der Waals surface area contributed by atoms with E-state index in [9.17, 15) is 4.79 Å². The number of aryl methyl sites for hydroxylation is 1. The molecule has 1 atom stereocenters. The van der Waals surface area contributed by atoms with Gasteiger partial charge in [-0.1, -0.05) is 12.1 Å². The molecule has 1 saturated heterocycles. The number of nitriles is 1. The van der Waals surface area contributed by atoms with Crippen molar-refractivity contribution in [3.8, 4) is 6.07 Å². The number of anilines is 1. The first kappa shape index (κ1) is 13.6. The Kier molecular flexibility index (Phi) is 3.87. The van der Waals surface area contributed by atoms with E-state index in [-0.39, 0.29) is 5.91 Å². The van der Waals surface area contributed by atoms with E-state index in [1.807, 2.05) is 26.0 Å². The molecule has 100 valence electrons. The van der Waals surface area contributed by atoms with Crippen LogP contribution in [0, 0.1) is 18.3 Å². The summed E-state index contributed by atoms with van der Waals surface area (Å²) in [6.45, 7) is 4.65. The third-order valence-electron chi connectivity index (χ3n) is 3.75. The second-order valence-electron chi connectivity index (χ2n) is 5.28. The third kappa shape index (κ3) is 2.77. The number of carbonyl (C=O) groups excluding carboxylic acids is 1. The van der Waals surface area contributed by atoms with Gasteiger partial charge >= 0.3 is 0 Å². The van der Waals surface area contributed by atoms with E-state index in [0.29, 0.717) is 11.3 Å².